The second-order valence-electron chi connectivity index (χ2n) is 8.56. The van der Waals surface area contributed by atoms with Crippen LogP contribution in [0.2, 0.25) is 0 Å². The highest BCUT2D eigenvalue weighted by atomic mass is 16.6. The minimum atomic E-state index is -0.309. The van der Waals surface area contributed by atoms with Crippen LogP contribution in [0.5, 0.6) is 0 Å². The average Bonchev–Trinajstić information content (AvgIpc) is 3.24. The van der Waals surface area contributed by atoms with Gasteiger partial charge in [-0.25, -0.2) is 4.79 Å². The molecule has 148 valence electrons. The third kappa shape index (κ3) is 4.45. The quantitative estimate of drug-likeness (QED) is 0.724. The molecule has 1 aromatic rings. The fourth-order valence-electron chi connectivity index (χ4n) is 4.16. The molecule has 27 heavy (non-hydrogen) atoms. The minimum Gasteiger partial charge on any atom is -0.460 e. The van der Waals surface area contributed by atoms with Crippen molar-refractivity contribution in [1.29, 1.82) is 0 Å². The lowest BCUT2D eigenvalue weighted by molar-refractivity contribution is -0.146. The Morgan fingerprint density at radius 3 is 2.44 bits per heavy atom. The summed E-state index contributed by atoms with van der Waals surface area (Å²) in [5.41, 5.74) is 0.967. The van der Waals surface area contributed by atoms with Gasteiger partial charge < -0.3 is 14.4 Å². The van der Waals surface area contributed by atoms with Crippen molar-refractivity contribution in [2.75, 3.05) is 6.54 Å². The molecule has 4 atom stereocenters. The van der Waals surface area contributed by atoms with Gasteiger partial charge in [0.05, 0.1) is 12.0 Å². The zero-order valence-corrected chi connectivity index (χ0v) is 16.8. The van der Waals surface area contributed by atoms with Gasteiger partial charge in [0.15, 0.2) is 0 Å². The number of cyclic esters (lactones) is 1. The smallest absolute Gasteiger partial charge is 0.410 e. The topological polar surface area (TPSA) is 55.8 Å². The first-order valence-corrected chi connectivity index (χ1v) is 10.0. The zero-order valence-electron chi connectivity index (χ0n) is 16.8. The normalized spacial score (nSPS) is 28.1. The van der Waals surface area contributed by atoms with Crippen molar-refractivity contribution in [3.05, 3.63) is 35.9 Å². The second-order valence-corrected chi connectivity index (χ2v) is 8.56. The van der Waals surface area contributed by atoms with Crippen molar-refractivity contribution < 1.29 is 19.1 Å². The van der Waals surface area contributed by atoms with E-state index in [0.717, 1.165) is 12.0 Å². The summed E-state index contributed by atoms with van der Waals surface area (Å²) < 4.78 is 11.3. The molecule has 2 aliphatic rings. The van der Waals surface area contributed by atoms with E-state index in [1.54, 1.807) is 4.90 Å². The van der Waals surface area contributed by atoms with Gasteiger partial charge in [0.2, 0.25) is 0 Å². The molecule has 0 spiro atoms. The van der Waals surface area contributed by atoms with E-state index in [0.29, 0.717) is 24.8 Å². The van der Waals surface area contributed by atoms with Crippen LogP contribution in [-0.2, 0) is 20.9 Å². The summed E-state index contributed by atoms with van der Waals surface area (Å²) in [6.45, 7) is 9.37. The molecular weight excluding hydrogens is 342 g/mol. The zero-order chi connectivity index (χ0) is 19.6. The molecular formula is C22H31NO4. The van der Waals surface area contributed by atoms with E-state index in [1.807, 2.05) is 44.2 Å². The monoisotopic (exact) mass is 373 g/mol. The number of amides is 1. The predicted molar refractivity (Wildman–Crippen MR) is 103 cm³/mol. The first-order chi connectivity index (χ1) is 12.9. The van der Waals surface area contributed by atoms with Crippen LogP contribution in [-0.4, -0.2) is 35.7 Å². The summed E-state index contributed by atoms with van der Waals surface area (Å²) in [4.78, 5) is 26.8. The van der Waals surface area contributed by atoms with Gasteiger partial charge in [-0.3, -0.25) is 4.79 Å². The molecule has 3 rings (SSSR count). The molecule has 1 aromatic carbocycles. The van der Waals surface area contributed by atoms with E-state index in [-0.39, 0.29) is 42.7 Å². The Morgan fingerprint density at radius 2 is 1.85 bits per heavy atom. The summed E-state index contributed by atoms with van der Waals surface area (Å²) in [5.74, 6) is 0.924. The summed E-state index contributed by atoms with van der Waals surface area (Å²) in [6, 6.07) is 9.60. The largest absolute Gasteiger partial charge is 0.460 e. The standard InChI is InChI=1S/C22H31NO4/c1-14(2)17-10-19(20-11-18(15(3)4)21(24)27-20)23(12-17)22(25)26-13-16-8-6-5-7-9-16/h5-9,14-15,17-20H,10-13H2,1-4H3/t17-,18+,19+,20+/m1/s1. The average molecular weight is 373 g/mol. The number of benzene rings is 1. The summed E-state index contributed by atoms with van der Waals surface area (Å²) in [7, 11) is 0. The number of ether oxygens (including phenoxy) is 2. The molecule has 2 fully saturated rings. The number of carbonyl (C=O) groups excluding carboxylic acids is 2. The number of likely N-dealkylation sites (tertiary alicyclic amines) is 1. The van der Waals surface area contributed by atoms with Crippen LogP contribution in [0.3, 0.4) is 0 Å². The van der Waals surface area contributed by atoms with E-state index in [2.05, 4.69) is 13.8 Å². The van der Waals surface area contributed by atoms with E-state index in [4.69, 9.17) is 9.47 Å². The van der Waals surface area contributed by atoms with Gasteiger partial charge in [-0.2, -0.15) is 0 Å². The van der Waals surface area contributed by atoms with Gasteiger partial charge in [0.1, 0.15) is 12.7 Å². The van der Waals surface area contributed by atoms with E-state index in [1.165, 1.54) is 0 Å². The van der Waals surface area contributed by atoms with Crippen LogP contribution in [0.4, 0.5) is 4.79 Å². The van der Waals surface area contributed by atoms with E-state index >= 15 is 0 Å². The van der Waals surface area contributed by atoms with Crippen LogP contribution >= 0.6 is 0 Å². The van der Waals surface area contributed by atoms with Gasteiger partial charge in [0, 0.05) is 6.54 Å². The lowest BCUT2D eigenvalue weighted by atomic mass is 9.88. The summed E-state index contributed by atoms with van der Waals surface area (Å²) in [6.07, 6.45) is 1.02. The number of rotatable bonds is 5. The first kappa shape index (κ1) is 19.7. The molecule has 5 nitrogen and oxygen atoms in total. The maximum atomic E-state index is 12.8. The van der Waals surface area contributed by atoms with E-state index < -0.39 is 0 Å². The van der Waals surface area contributed by atoms with Gasteiger partial charge in [-0.15, -0.1) is 0 Å². The summed E-state index contributed by atoms with van der Waals surface area (Å²) >= 11 is 0. The molecule has 0 radical (unpaired) electrons. The third-order valence-corrected chi connectivity index (χ3v) is 6.05. The Balaban J connectivity index is 1.69. The van der Waals surface area contributed by atoms with Crippen LogP contribution in [0.1, 0.15) is 46.1 Å². The van der Waals surface area contributed by atoms with Crippen molar-refractivity contribution in [3.63, 3.8) is 0 Å². The molecule has 0 aliphatic carbocycles. The van der Waals surface area contributed by atoms with Crippen LogP contribution in [0.15, 0.2) is 30.3 Å². The number of nitrogens with zero attached hydrogens (tertiary/aromatic N) is 1. The molecule has 5 heteroatoms. The predicted octanol–water partition coefficient (Wildman–Crippen LogP) is 4.26. The Bertz CT molecular complexity index is 658. The molecule has 2 aliphatic heterocycles. The van der Waals surface area contributed by atoms with Crippen molar-refractivity contribution in [2.24, 2.45) is 23.7 Å². The van der Waals surface area contributed by atoms with Crippen molar-refractivity contribution >= 4 is 12.1 Å². The van der Waals surface area contributed by atoms with E-state index in [9.17, 15) is 9.59 Å². The number of hydrogen-bond donors (Lipinski definition) is 0. The van der Waals surface area contributed by atoms with Gasteiger partial charge >= 0.3 is 12.1 Å². The number of carbonyl (C=O) groups is 2. The lowest BCUT2D eigenvalue weighted by Crippen LogP contribution is -2.43. The first-order valence-electron chi connectivity index (χ1n) is 10.0. The second kappa shape index (κ2) is 8.32. The molecule has 2 saturated heterocycles. The molecule has 2 heterocycles. The Labute approximate surface area is 162 Å². The highest BCUT2D eigenvalue weighted by molar-refractivity contribution is 5.75. The van der Waals surface area contributed by atoms with Gasteiger partial charge in [-0.1, -0.05) is 58.0 Å². The van der Waals surface area contributed by atoms with Crippen LogP contribution in [0.25, 0.3) is 0 Å². The summed E-state index contributed by atoms with van der Waals surface area (Å²) in [5, 5.41) is 0. The molecule has 0 unspecified atom stereocenters. The van der Waals surface area contributed by atoms with Crippen molar-refractivity contribution in [1.82, 2.24) is 4.90 Å². The highest BCUT2D eigenvalue weighted by Gasteiger charge is 2.48. The Kier molecular flexibility index (Phi) is 6.08. The SMILES string of the molecule is CC(C)[C@@H]1C[C@@H]([C@@H]2C[C@@H](C(C)C)C(=O)O2)N(C(=O)OCc2ccccc2)C1. The fourth-order valence-corrected chi connectivity index (χ4v) is 4.16. The van der Waals surface area contributed by atoms with Crippen molar-refractivity contribution in [2.45, 2.75) is 59.3 Å². The van der Waals surface area contributed by atoms with Crippen LogP contribution in [0, 0.1) is 23.7 Å². The lowest BCUT2D eigenvalue weighted by Gasteiger charge is -2.27. The number of hydrogen-bond acceptors (Lipinski definition) is 4. The molecule has 0 N–H and O–H groups in total. The maximum Gasteiger partial charge on any atom is 0.410 e. The molecule has 0 aromatic heterocycles. The minimum absolute atomic E-state index is 0.0738. The number of esters is 1. The van der Waals surface area contributed by atoms with Crippen LogP contribution < -0.4 is 0 Å². The molecule has 0 bridgehead atoms. The van der Waals surface area contributed by atoms with Crippen molar-refractivity contribution in [3.8, 4) is 0 Å². The Hall–Kier alpha value is -2.04. The highest BCUT2D eigenvalue weighted by Crippen LogP contribution is 2.38. The maximum absolute atomic E-state index is 12.8. The van der Waals surface area contributed by atoms with Gasteiger partial charge in [-0.05, 0) is 36.2 Å². The van der Waals surface area contributed by atoms with Gasteiger partial charge in [0.25, 0.3) is 0 Å². The molecule has 0 saturated carbocycles. The Morgan fingerprint density at radius 1 is 1.15 bits per heavy atom. The molecule has 1 amide bonds. The fraction of sp³-hybridized carbons (Fsp3) is 0.636. The third-order valence-electron chi connectivity index (χ3n) is 6.05.